The van der Waals surface area contributed by atoms with Crippen LogP contribution in [0.5, 0.6) is 0 Å². The highest BCUT2D eigenvalue weighted by atomic mass is 16.4. The molecule has 8 N–H and O–H groups in total. The van der Waals surface area contributed by atoms with Crippen molar-refractivity contribution in [2.75, 3.05) is 0 Å². The minimum absolute atomic E-state index is 0.0120. The number of carbonyl (C=O) groups excluding carboxylic acids is 3. The summed E-state index contributed by atoms with van der Waals surface area (Å²) in [5, 5.41) is 27.7. The fourth-order valence-electron chi connectivity index (χ4n) is 4.64. The van der Waals surface area contributed by atoms with Gasteiger partial charge in [0.15, 0.2) is 0 Å². The van der Waals surface area contributed by atoms with Crippen LogP contribution in [0.2, 0.25) is 0 Å². The number of carboxylic acid groups (broad SMARTS) is 2. The molecule has 43 heavy (non-hydrogen) atoms. The molecule has 0 saturated heterocycles. The van der Waals surface area contributed by atoms with E-state index in [1.54, 1.807) is 43.5 Å². The molecule has 2 aromatic carbocycles. The first kappa shape index (κ1) is 32.8. The first-order valence-electron chi connectivity index (χ1n) is 14.2. The van der Waals surface area contributed by atoms with Gasteiger partial charge in [-0.3, -0.25) is 19.2 Å². The summed E-state index contributed by atoms with van der Waals surface area (Å²) in [5.74, 6) is -4.76. The number of nitrogens with one attached hydrogen (secondary N) is 4. The number of para-hydroxylation sites is 1. The molecule has 5 atom stereocenters. The van der Waals surface area contributed by atoms with Crippen molar-refractivity contribution in [3.63, 3.8) is 0 Å². The third-order valence-corrected chi connectivity index (χ3v) is 7.47. The number of benzene rings is 2. The second-order valence-electron chi connectivity index (χ2n) is 10.6. The zero-order chi connectivity index (χ0) is 31.5. The van der Waals surface area contributed by atoms with Crippen LogP contribution < -0.4 is 21.7 Å². The summed E-state index contributed by atoms with van der Waals surface area (Å²) < 4.78 is 0. The van der Waals surface area contributed by atoms with Crippen LogP contribution in [0.25, 0.3) is 10.9 Å². The van der Waals surface area contributed by atoms with E-state index < -0.39 is 60.2 Å². The number of carbonyl (C=O) groups is 5. The third-order valence-electron chi connectivity index (χ3n) is 7.47. The molecule has 12 nitrogen and oxygen atoms in total. The summed E-state index contributed by atoms with van der Waals surface area (Å²) in [6.45, 7) is 3.65. The normalized spacial score (nSPS) is 14.6. The van der Waals surface area contributed by atoms with Gasteiger partial charge in [0.1, 0.15) is 18.1 Å². The molecule has 0 fully saturated rings. The maximum atomic E-state index is 13.5. The monoisotopic (exact) mass is 593 g/mol. The van der Waals surface area contributed by atoms with E-state index in [-0.39, 0.29) is 25.2 Å². The first-order valence-corrected chi connectivity index (χ1v) is 14.2. The van der Waals surface area contributed by atoms with E-state index in [2.05, 4.69) is 20.9 Å². The zero-order valence-corrected chi connectivity index (χ0v) is 24.2. The van der Waals surface area contributed by atoms with Gasteiger partial charge in [-0.1, -0.05) is 68.8 Å². The molecule has 0 bridgehead atoms. The Balaban J connectivity index is 1.82. The molecule has 230 valence electrons. The molecular formula is C31H39N5O7. The molecule has 12 heteroatoms. The van der Waals surface area contributed by atoms with Crippen LogP contribution in [0.3, 0.4) is 0 Å². The van der Waals surface area contributed by atoms with Gasteiger partial charge in [-0.15, -0.1) is 0 Å². The van der Waals surface area contributed by atoms with Crippen LogP contribution in [-0.4, -0.2) is 69.0 Å². The predicted molar refractivity (Wildman–Crippen MR) is 160 cm³/mol. The summed E-state index contributed by atoms with van der Waals surface area (Å²) in [7, 11) is 0. The number of amides is 3. The van der Waals surface area contributed by atoms with Crippen molar-refractivity contribution in [3.8, 4) is 0 Å². The van der Waals surface area contributed by atoms with Gasteiger partial charge in [0, 0.05) is 36.4 Å². The number of carboxylic acids is 2. The molecule has 0 aliphatic carbocycles. The molecule has 1 heterocycles. The molecule has 0 radical (unpaired) electrons. The Morgan fingerprint density at radius 1 is 0.814 bits per heavy atom. The highest BCUT2D eigenvalue weighted by Gasteiger charge is 2.32. The van der Waals surface area contributed by atoms with E-state index in [0.717, 1.165) is 10.9 Å². The number of hydrogen-bond acceptors (Lipinski definition) is 6. The minimum Gasteiger partial charge on any atom is -0.481 e. The average molecular weight is 594 g/mol. The lowest BCUT2D eigenvalue weighted by Gasteiger charge is -2.26. The van der Waals surface area contributed by atoms with Crippen molar-refractivity contribution in [1.29, 1.82) is 0 Å². The number of aliphatic carboxylic acids is 2. The van der Waals surface area contributed by atoms with E-state index >= 15 is 0 Å². The molecule has 0 saturated carbocycles. The standard InChI is InChI=1S/C31H39N5O7/c1-3-18(2)27(32)30(41)34-23(13-14-26(37)38)28(39)35-24(15-19-9-5-4-6-10-19)29(40)36-25(31(42)43)16-20-17-33-22-12-8-7-11-21(20)22/h4-12,17-18,23-25,27,33H,3,13-16,32H2,1-2H3,(H,34,41)(H,35,39)(H,36,40)(H,37,38)(H,42,43). The number of fused-ring (bicyclic) bond motifs is 1. The first-order chi connectivity index (χ1) is 20.5. The number of H-pyrrole nitrogens is 1. The lowest BCUT2D eigenvalue weighted by Crippen LogP contribution is -2.58. The number of nitrogens with two attached hydrogens (primary N) is 1. The van der Waals surface area contributed by atoms with E-state index in [9.17, 15) is 34.2 Å². The van der Waals surface area contributed by atoms with Gasteiger partial charge in [-0.05, 0) is 29.5 Å². The number of hydrogen-bond donors (Lipinski definition) is 7. The van der Waals surface area contributed by atoms with Crippen LogP contribution >= 0.6 is 0 Å². The topological polar surface area (TPSA) is 204 Å². The largest absolute Gasteiger partial charge is 0.481 e. The van der Waals surface area contributed by atoms with Gasteiger partial charge in [-0.25, -0.2) is 4.79 Å². The van der Waals surface area contributed by atoms with Gasteiger partial charge in [0.05, 0.1) is 6.04 Å². The Labute approximate surface area is 249 Å². The SMILES string of the molecule is CCC(C)C(N)C(=O)NC(CCC(=O)O)C(=O)NC(Cc1ccccc1)C(=O)NC(Cc1c[nH]c2ccccc12)C(=O)O. The Kier molecular flexibility index (Phi) is 11.8. The summed E-state index contributed by atoms with van der Waals surface area (Å²) in [6, 6.07) is 11.4. The van der Waals surface area contributed by atoms with Crippen LogP contribution in [0.15, 0.2) is 60.8 Å². The van der Waals surface area contributed by atoms with Crippen LogP contribution in [0.4, 0.5) is 0 Å². The lowest BCUT2D eigenvalue weighted by molar-refractivity contribution is -0.142. The molecule has 1 aromatic heterocycles. The van der Waals surface area contributed by atoms with Crippen molar-refractivity contribution < 1.29 is 34.2 Å². The summed E-state index contributed by atoms with van der Waals surface area (Å²) in [5.41, 5.74) is 8.23. The smallest absolute Gasteiger partial charge is 0.326 e. The zero-order valence-electron chi connectivity index (χ0n) is 24.2. The Hall–Kier alpha value is -4.71. The number of rotatable bonds is 16. The van der Waals surface area contributed by atoms with Crippen molar-refractivity contribution in [2.24, 2.45) is 11.7 Å². The number of aromatic amines is 1. The Morgan fingerprint density at radius 2 is 1.42 bits per heavy atom. The van der Waals surface area contributed by atoms with Gasteiger partial charge < -0.3 is 36.9 Å². The molecular weight excluding hydrogens is 554 g/mol. The van der Waals surface area contributed by atoms with Gasteiger partial charge in [0.2, 0.25) is 17.7 Å². The van der Waals surface area contributed by atoms with Gasteiger partial charge in [0.25, 0.3) is 0 Å². The highest BCUT2D eigenvalue weighted by Crippen LogP contribution is 2.19. The Morgan fingerprint density at radius 3 is 2.07 bits per heavy atom. The fraction of sp³-hybridized carbons (Fsp3) is 0.387. The van der Waals surface area contributed by atoms with Crippen LogP contribution in [-0.2, 0) is 36.8 Å². The van der Waals surface area contributed by atoms with Crippen molar-refractivity contribution in [3.05, 3.63) is 71.9 Å². The van der Waals surface area contributed by atoms with Gasteiger partial charge >= 0.3 is 11.9 Å². The third kappa shape index (κ3) is 9.40. The molecule has 3 rings (SSSR count). The molecule has 5 unspecified atom stereocenters. The van der Waals surface area contributed by atoms with Crippen molar-refractivity contribution in [1.82, 2.24) is 20.9 Å². The van der Waals surface area contributed by atoms with E-state index in [0.29, 0.717) is 17.5 Å². The molecule has 3 amide bonds. The van der Waals surface area contributed by atoms with E-state index in [4.69, 9.17) is 5.73 Å². The van der Waals surface area contributed by atoms with E-state index in [1.165, 1.54) is 0 Å². The van der Waals surface area contributed by atoms with Gasteiger partial charge in [-0.2, -0.15) is 0 Å². The molecule has 0 aliphatic rings. The second-order valence-corrected chi connectivity index (χ2v) is 10.6. The Bertz CT molecular complexity index is 1420. The van der Waals surface area contributed by atoms with Crippen molar-refractivity contribution in [2.45, 2.75) is 70.1 Å². The highest BCUT2D eigenvalue weighted by molar-refractivity contribution is 5.94. The quantitative estimate of drug-likeness (QED) is 0.130. The summed E-state index contributed by atoms with van der Waals surface area (Å²) >= 11 is 0. The van der Waals surface area contributed by atoms with Crippen LogP contribution in [0, 0.1) is 5.92 Å². The summed E-state index contributed by atoms with van der Waals surface area (Å²) in [6.07, 6.45) is 1.65. The fourth-order valence-corrected chi connectivity index (χ4v) is 4.64. The lowest BCUT2D eigenvalue weighted by atomic mass is 9.98. The summed E-state index contributed by atoms with van der Waals surface area (Å²) in [4.78, 5) is 66.3. The molecule has 3 aromatic rings. The molecule has 0 spiro atoms. The maximum absolute atomic E-state index is 13.5. The minimum atomic E-state index is -1.31. The maximum Gasteiger partial charge on any atom is 0.326 e. The second kappa shape index (κ2) is 15.5. The van der Waals surface area contributed by atoms with Crippen LogP contribution in [0.1, 0.15) is 44.2 Å². The van der Waals surface area contributed by atoms with E-state index in [1.807, 2.05) is 31.2 Å². The number of aromatic nitrogens is 1. The van der Waals surface area contributed by atoms with Crippen molar-refractivity contribution >= 4 is 40.6 Å². The predicted octanol–water partition coefficient (Wildman–Crippen LogP) is 1.73. The molecule has 0 aliphatic heterocycles. The average Bonchev–Trinajstić information content (AvgIpc) is 3.40.